The van der Waals surface area contributed by atoms with Crippen molar-refractivity contribution in [2.75, 3.05) is 11.9 Å². The molecular formula is C21H23FN2O. The van der Waals surface area contributed by atoms with Gasteiger partial charge in [-0.05, 0) is 37.5 Å². The molecule has 2 aromatic carbocycles. The minimum Gasteiger partial charge on any atom is -0.314 e. The van der Waals surface area contributed by atoms with Gasteiger partial charge < -0.3 is 10.2 Å². The number of amides is 2. The molecule has 2 fully saturated rings. The zero-order valence-electron chi connectivity index (χ0n) is 14.5. The van der Waals surface area contributed by atoms with Gasteiger partial charge in [-0.15, -0.1) is 0 Å². The maximum atomic E-state index is 13.8. The van der Waals surface area contributed by atoms with Crippen LogP contribution in [-0.4, -0.2) is 17.5 Å². The summed E-state index contributed by atoms with van der Waals surface area (Å²) in [6.07, 6.45) is 4.53. The third kappa shape index (κ3) is 2.51. The molecule has 0 radical (unpaired) electrons. The number of rotatable bonds is 2. The van der Waals surface area contributed by atoms with E-state index in [-0.39, 0.29) is 17.4 Å². The predicted molar refractivity (Wildman–Crippen MR) is 96.9 cm³/mol. The lowest BCUT2D eigenvalue weighted by Crippen LogP contribution is -2.68. The van der Waals surface area contributed by atoms with Crippen molar-refractivity contribution in [2.24, 2.45) is 5.92 Å². The average molecular weight is 338 g/mol. The van der Waals surface area contributed by atoms with Crippen LogP contribution in [0.3, 0.4) is 0 Å². The highest BCUT2D eigenvalue weighted by Gasteiger charge is 2.57. The van der Waals surface area contributed by atoms with E-state index in [2.05, 4.69) is 17.4 Å². The fourth-order valence-electron chi connectivity index (χ4n) is 4.55. The van der Waals surface area contributed by atoms with Gasteiger partial charge in [-0.3, -0.25) is 0 Å². The summed E-state index contributed by atoms with van der Waals surface area (Å²) in [6, 6.07) is 15.0. The van der Waals surface area contributed by atoms with Crippen molar-refractivity contribution in [1.82, 2.24) is 4.90 Å². The lowest BCUT2D eigenvalue weighted by atomic mass is 9.62. The van der Waals surface area contributed by atoms with Crippen LogP contribution in [0.1, 0.15) is 36.8 Å². The quantitative estimate of drug-likeness (QED) is 0.815. The van der Waals surface area contributed by atoms with Gasteiger partial charge in [-0.25, -0.2) is 9.18 Å². The third-order valence-corrected chi connectivity index (χ3v) is 5.95. The minimum atomic E-state index is -0.297. The maximum absolute atomic E-state index is 13.8. The molecule has 2 atom stereocenters. The summed E-state index contributed by atoms with van der Waals surface area (Å²) in [5, 5.41) is 2.93. The molecule has 0 aromatic heterocycles. The lowest BCUT2D eigenvalue weighted by molar-refractivity contribution is -0.0756. The van der Waals surface area contributed by atoms with E-state index in [1.54, 1.807) is 19.1 Å². The van der Waals surface area contributed by atoms with E-state index < -0.39 is 0 Å². The zero-order valence-corrected chi connectivity index (χ0v) is 14.5. The Labute approximate surface area is 147 Å². The van der Waals surface area contributed by atoms with Gasteiger partial charge in [0.2, 0.25) is 0 Å². The summed E-state index contributed by atoms with van der Waals surface area (Å²) in [6.45, 7) is 2.46. The first-order valence-corrected chi connectivity index (χ1v) is 9.02. The molecule has 2 amide bonds. The number of carbonyl (C=O) groups is 1. The molecule has 130 valence electrons. The highest BCUT2D eigenvalue weighted by atomic mass is 19.1. The Kier molecular flexibility index (Phi) is 3.98. The van der Waals surface area contributed by atoms with Crippen LogP contribution in [-0.2, 0) is 5.54 Å². The van der Waals surface area contributed by atoms with E-state index in [1.165, 1.54) is 18.1 Å². The number of hydrogen-bond acceptors (Lipinski definition) is 1. The highest BCUT2D eigenvalue weighted by molar-refractivity contribution is 5.91. The van der Waals surface area contributed by atoms with E-state index in [1.807, 2.05) is 23.1 Å². The van der Waals surface area contributed by atoms with Crippen LogP contribution in [0.5, 0.6) is 0 Å². The number of nitrogens with zero attached hydrogens (tertiary/aromatic N) is 1. The normalized spacial score (nSPS) is 25.0. The van der Waals surface area contributed by atoms with E-state index in [0.29, 0.717) is 17.2 Å². The molecule has 1 saturated heterocycles. The molecular weight excluding hydrogens is 315 g/mol. The van der Waals surface area contributed by atoms with Gasteiger partial charge >= 0.3 is 6.03 Å². The molecule has 1 aliphatic heterocycles. The first-order valence-electron chi connectivity index (χ1n) is 9.02. The summed E-state index contributed by atoms with van der Waals surface area (Å²) < 4.78 is 13.8. The number of carbonyl (C=O) groups excluding carboxylic acids is 1. The molecule has 2 aliphatic rings. The second-order valence-electron chi connectivity index (χ2n) is 7.19. The first kappa shape index (κ1) is 16.1. The number of fused-ring (bicyclic) bond motifs is 1. The van der Waals surface area contributed by atoms with Gasteiger partial charge in [0.25, 0.3) is 0 Å². The third-order valence-electron chi connectivity index (χ3n) is 5.95. The van der Waals surface area contributed by atoms with Crippen molar-refractivity contribution in [2.45, 2.75) is 38.1 Å². The van der Waals surface area contributed by atoms with Crippen LogP contribution in [0, 0.1) is 18.7 Å². The minimum absolute atomic E-state index is 0.129. The van der Waals surface area contributed by atoms with E-state index in [0.717, 1.165) is 25.8 Å². The van der Waals surface area contributed by atoms with E-state index >= 15 is 0 Å². The average Bonchev–Trinajstić information content (AvgIpc) is 2.61. The molecule has 25 heavy (non-hydrogen) atoms. The van der Waals surface area contributed by atoms with Gasteiger partial charge in [0.1, 0.15) is 5.82 Å². The predicted octanol–water partition coefficient (Wildman–Crippen LogP) is 5.07. The molecule has 0 unspecified atom stereocenters. The number of benzene rings is 2. The number of anilines is 1. The molecule has 4 heteroatoms. The summed E-state index contributed by atoms with van der Waals surface area (Å²) in [5.74, 6) is 0.220. The molecule has 4 rings (SSSR count). The number of nitrogens with one attached hydrogen (secondary N) is 1. The Morgan fingerprint density at radius 2 is 1.96 bits per heavy atom. The molecule has 3 nitrogen and oxygen atoms in total. The van der Waals surface area contributed by atoms with Crippen LogP contribution < -0.4 is 5.32 Å². The summed E-state index contributed by atoms with van der Waals surface area (Å²) >= 11 is 0. The standard InChI is InChI=1S/C21H23FN2O/c1-15-18(22)11-7-12-19(15)23-20(25)24-14-17-10-5-6-13-21(17,24)16-8-3-2-4-9-16/h2-4,7-9,11-12,17H,5-6,10,13-14H2,1H3,(H,23,25)/t17-,21-/m0/s1. The molecule has 1 heterocycles. The summed E-state index contributed by atoms with van der Waals surface area (Å²) in [5.41, 5.74) is 2.04. The number of urea groups is 1. The molecule has 1 aliphatic carbocycles. The van der Waals surface area contributed by atoms with Crippen LogP contribution in [0.25, 0.3) is 0 Å². The van der Waals surface area contributed by atoms with Crippen LogP contribution in [0.15, 0.2) is 48.5 Å². The van der Waals surface area contributed by atoms with E-state index in [4.69, 9.17) is 0 Å². The number of hydrogen-bond donors (Lipinski definition) is 1. The molecule has 1 saturated carbocycles. The molecule has 0 bridgehead atoms. The lowest BCUT2D eigenvalue weighted by Gasteiger charge is -2.61. The van der Waals surface area contributed by atoms with Gasteiger partial charge in [-0.2, -0.15) is 0 Å². The van der Waals surface area contributed by atoms with Crippen molar-refractivity contribution in [3.05, 3.63) is 65.5 Å². The monoisotopic (exact) mass is 338 g/mol. The number of likely N-dealkylation sites (tertiary alicyclic amines) is 1. The van der Waals surface area contributed by atoms with Crippen LogP contribution in [0.4, 0.5) is 14.9 Å². The van der Waals surface area contributed by atoms with Crippen LogP contribution >= 0.6 is 0 Å². The summed E-state index contributed by atoms with van der Waals surface area (Å²) in [4.78, 5) is 14.9. The van der Waals surface area contributed by atoms with Crippen molar-refractivity contribution in [3.63, 3.8) is 0 Å². The largest absolute Gasteiger partial charge is 0.322 e. The maximum Gasteiger partial charge on any atom is 0.322 e. The van der Waals surface area contributed by atoms with Crippen molar-refractivity contribution in [3.8, 4) is 0 Å². The Morgan fingerprint density at radius 3 is 2.72 bits per heavy atom. The van der Waals surface area contributed by atoms with Gasteiger partial charge in [0.15, 0.2) is 0 Å². The molecule has 2 aromatic rings. The Morgan fingerprint density at radius 1 is 1.16 bits per heavy atom. The van der Waals surface area contributed by atoms with Gasteiger partial charge in [0.05, 0.1) is 5.54 Å². The SMILES string of the molecule is Cc1c(F)cccc1NC(=O)N1C[C@@H]2CCCC[C@]21c1ccccc1. The first-order chi connectivity index (χ1) is 12.1. The van der Waals surface area contributed by atoms with Crippen molar-refractivity contribution < 1.29 is 9.18 Å². The van der Waals surface area contributed by atoms with Gasteiger partial charge in [0, 0.05) is 23.7 Å². The Balaban J connectivity index is 1.63. The molecule has 0 spiro atoms. The molecule has 1 N–H and O–H groups in total. The fraction of sp³-hybridized carbons (Fsp3) is 0.381. The summed E-state index contributed by atoms with van der Waals surface area (Å²) in [7, 11) is 0. The van der Waals surface area contributed by atoms with Crippen molar-refractivity contribution >= 4 is 11.7 Å². The van der Waals surface area contributed by atoms with Crippen LogP contribution in [0.2, 0.25) is 0 Å². The number of halogens is 1. The second-order valence-corrected chi connectivity index (χ2v) is 7.19. The zero-order chi connectivity index (χ0) is 17.4. The Bertz CT molecular complexity index is 792. The van der Waals surface area contributed by atoms with Crippen molar-refractivity contribution in [1.29, 1.82) is 0 Å². The van der Waals surface area contributed by atoms with Gasteiger partial charge in [-0.1, -0.05) is 49.2 Å². The van der Waals surface area contributed by atoms with E-state index in [9.17, 15) is 9.18 Å². The topological polar surface area (TPSA) is 32.3 Å². The second kappa shape index (κ2) is 6.17. The Hall–Kier alpha value is -2.36. The smallest absolute Gasteiger partial charge is 0.314 e. The fourth-order valence-corrected chi connectivity index (χ4v) is 4.55. The highest BCUT2D eigenvalue weighted by Crippen LogP contribution is 2.53.